The van der Waals surface area contributed by atoms with E-state index in [0.717, 1.165) is 42.0 Å². The number of ether oxygens (including phenoxy) is 1. The maximum Gasteiger partial charge on any atom is 0.348 e. The number of nitriles is 1. The summed E-state index contributed by atoms with van der Waals surface area (Å²) in [5, 5.41) is 13.1. The molecule has 1 amide bonds. The van der Waals surface area contributed by atoms with Crippen LogP contribution in [-0.4, -0.2) is 34.2 Å². The molecule has 3 rings (SSSR count). The number of aryl methyl sites for hydroxylation is 2. The Bertz CT molecular complexity index is 979. The zero-order chi connectivity index (χ0) is 20.3. The Labute approximate surface area is 171 Å². The van der Waals surface area contributed by atoms with Crippen molar-refractivity contribution in [3.63, 3.8) is 0 Å². The normalized spacial score (nSPS) is 12.4. The van der Waals surface area contributed by atoms with E-state index in [2.05, 4.69) is 21.4 Å². The Morgan fingerprint density at radius 3 is 2.82 bits per heavy atom. The molecule has 0 radical (unpaired) electrons. The van der Waals surface area contributed by atoms with Gasteiger partial charge in [0, 0.05) is 11.4 Å². The summed E-state index contributed by atoms with van der Waals surface area (Å²) in [6, 6.07) is 2.05. The second-order valence-electron chi connectivity index (χ2n) is 6.30. The molecule has 7 nitrogen and oxygen atoms in total. The van der Waals surface area contributed by atoms with Gasteiger partial charge in [-0.2, -0.15) is 5.26 Å². The van der Waals surface area contributed by atoms with Gasteiger partial charge in [-0.15, -0.1) is 11.3 Å². The van der Waals surface area contributed by atoms with Crippen molar-refractivity contribution in [1.82, 2.24) is 9.97 Å². The van der Waals surface area contributed by atoms with Crippen LogP contribution >= 0.6 is 23.1 Å². The Morgan fingerprint density at radius 1 is 1.32 bits per heavy atom. The van der Waals surface area contributed by atoms with Crippen LogP contribution in [0.1, 0.15) is 51.1 Å². The Balaban J connectivity index is 1.68. The summed E-state index contributed by atoms with van der Waals surface area (Å²) in [4.78, 5) is 33.8. The average molecular weight is 417 g/mol. The summed E-state index contributed by atoms with van der Waals surface area (Å²) in [5.41, 5.74) is 4.09. The molecule has 1 N–H and O–H groups in total. The largest absolute Gasteiger partial charge is 0.462 e. The van der Waals surface area contributed by atoms with Crippen LogP contribution in [0.3, 0.4) is 0 Å². The SMILES string of the molecule is CCOC(=O)c1sc(NC(=O)CSc2nc(C)c3c(n2)CCC3)c(C#N)c1C. The number of nitrogens with zero attached hydrogens (tertiary/aromatic N) is 3. The summed E-state index contributed by atoms with van der Waals surface area (Å²) in [5.74, 6) is -0.646. The molecule has 1 aliphatic rings. The van der Waals surface area contributed by atoms with Gasteiger partial charge in [-0.25, -0.2) is 14.8 Å². The molecule has 1 aliphatic carbocycles. The minimum atomic E-state index is -0.488. The molecule has 0 fully saturated rings. The molecule has 2 aromatic heterocycles. The fraction of sp³-hybridized carbons (Fsp3) is 0.421. The van der Waals surface area contributed by atoms with E-state index in [1.165, 1.54) is 17.3 Å². The number of carbonyl (C=O) groups excluding carboxylic acids is 2. The van der Waals surface area contributed by atoms with Gasteiger partial charge in [0.25, 0.3) is 0 Å². The maximum absolute atomic E-state index is 12.4. The number of esters is 1. The van der Waals surface area contributed by atoms with Crippen LogP contribution in [-0.2, 0) is 22.4 Å². The number of rotatable bonds is 6. The third-order valence-corrected chi connectivity index (χ3v) is 6.46. The van der Waals surface area contributed by atoms with E-state index in [1.54, 1.807) is 13.8 Å². The van der Waals surface area contributed by atoms with E-state index in [4.69, 9.17) is 4.74 Å². The smallest absolute Gasteiger partial charge is 0.348 e. The minimum absolute atomic E-state index is 0.120. The van der Waals surface area contributed by atoms with Gasteiger partial charge in [-0.1, -0.05) is 11.8 Å². The van der Waals surface area contributed by atoms with Crippen molar-refractivity contribution in [2.24, 2.45) is 0 Å². The molecule has 0 saturated heterocycles. The number of amides is 1. The zero-order valence-electron chi connectivity index (χ0n) is 15.9. The fourth-order valence-electron chi connectivity index (χ4n) is 3.08. The molecule has 9 heteroatoms. The molecule has 28 heavy (non-hydrogen) atoms. The van der Waals surface area contributed by atoms with Crippen LogP contribution in [0.25, 0.3) is 0 Å². The lowest BCUT2D eigenvalue weighted by molar-refractivity contribution is -0.113. The first kappa shape index (κ1) is 20.3. The average Bonchev–Trinajstić information content (AvgIpc) is 3.25. The van der Waals surface area contributed by atoms with Crippen molar-refractivity contribution in [2.75, 3.05) is 17.7 Å². The monoisotopic (exact) mass is 416 g/mol. The molecule has 2 aromatic rings. The Kier molecular flexibility index (Phi) is 6.31. The molecule has 0 aliphatic heterocycles. The third-order valence-electron chi connectivity index (χ3n) is 4.42. The summed E-state index contributed by atoms with van der Waals surface area (Å²) >= 11 is 2.32. The molecule has 2 heterocycles. The molecular formula is C19H20N4O3S2. The van der Waals surface area contributed by atoms with Crippen molar-refractivity contribution < 1.29 is 14.3 Å². The topological polar surface area (TPSA) is 105 Å². The van der Waals surface area contributed by atoms with Gasteiger partial charge in [0.2, 0.25) is 5.91 Å². The first-order chi connectivity index (χ1) is 13.4. The van der Waals surface area contributed by atoms with Crippen LogP contribution in [0.4, 0.5) is 5.00 Å². The number of hydrogen-bond acceptors (Lipinski definition) is 8. The van der Waals surface area contributed by atoms with Crippen molar-refractivity contribution in [2.45, 2.75) is 45.2 Å². The first-order valence-corrected chi connectivity index (χ1v) is 10.7. The number of hydrogen-bond donors (Lipinski definition) is 1. The standard InChI is InChI=1S/C19H20N4O3S2/c1-4-26-18(25)16-10(2)13(8-20)17(28-16)23-15(24)9-27-19-21-11(3)12-6-5-7-14(12)22-19/h4-7,9H2,1-3H3,(H,23,24). The summed E-state index contributed by atoms with van der Waals surface area (Å²) in [7, 11) is 0. The molecule has 0 atom stereocenters. The van der Waals surface area contributed by atoms with E-state index in [9.17, 15) is 14.9 Å². The van der Waals surface area contributed by atoms with Gasteiger partial charge < -0.3 is 10.1 Å². The van der Waals surface area contributed by atoms with Crippen molar-refractivity contribution >= 4 is 40.0 Å². The van der Waals surface area contributed by atoms with Crippen LogP contribution < -0.4 is 5.32 Å². The minimum Gasteiger partial charge on any atom is -0.462 e. The number of thiophene rings is 1. The quantitative estimate of drug-likeness (QED) is 0.437. The highest BCUT2D eigenvalue weighted by Crippen LogP contribution is 2.33. The summed E-state index contributed by atoms with van der Waals surface area (Å²) in [6.07, 6.45) is 3.07. The lowest BCUT2D eigenvalue weighted by Crippen LogP contribution is -2.14. The van der Waals surface area contributed by atoms with Gasteiger partial charge in [-0.05, 0) is 51.2 Å². The van der Waals surface area contributed by atoms with E-state index in [-0.39, 0.29) is 23.8 Å². The Morgan fingerprint density at radius 2 is 2.11 bits per heavy atom. The molecule has 0 saturated carbocycles. The molecule has 0 bridgehead atoms. The Hall–Kier alpha value is -2.44. The molecule has 0 spiro atoms. The lowest BCUT2D eigenvalue weighted by Gasteiger charge is -2.07. The second kappa shape index (κ2) is 8.71. The number of anilines is 1. The highest BCUT2D eigenvalue weighted by Gasteiger charge is 2.22. The predicted octanol–water partition coefficient (Wildman–Crippen LogP) is 3.42. The molecule has 146 valence electrons. The van der Waals surface area contributed by atoms with E-state index >= 15 is 0 Å². The molecule has 0 unspecified atom stereocenters. The number of carbonyl (C=O) groups is 2. The number of thioether (sulfide) groups is 1. The van der Waals surface area contributed by atoms with Crippen molar-refractivity contribution in [3.05, 3.63) is 33.0 Å². The van der Waals surface area contributed by atoms with Crippen molar-refractivity contribution in [1.29, 1.82) is 5.26 Å². The number of nitrogens with one attached hydrogen (secondary N) is 1. The first-order valence-electron chi connectivity index (χ1n) is 8.94. The highest BCUT2D eigenvalue weighted by molar-refractivity contribution is 7.99. The van der Waals surface area contributed by atoms with Gasteiger partial charge in [0.1, 0.15) is 15.9 Å². The van der Waals surface area contributed by atoms with Crippen LogP contribution in [0.5, 0.6) is 0 Å². The third kappa shape index (κ3) is 4.18. The number of aromatic nitrogens is 2. The fourth-order valence-corrected chi connectivity index (χ4v) is 4.85. The van der Waals surface area contributed by atoms with Crippen LogP contribution in [0, 0.1) is 25.2 Å². The van der Waals surface area contributed by atoms with Gasteiger partial charge in [0.15, 0.2) is 5.16 Å². The van der Waals surface area contributed by atoms with E-state index in [0.29, 0.717) is 20.6 Å². The highest BCUT2D eigenvalue weighted by atomic mass is 32.2. The predicted molar refractivity (Wildman–Crippen MR) is 108 cm³/mol. The van der Waals surface area contributed by atoms with Crippen LogP contribution in [0.15, 0.2) is 5.16 Å². The molecular weight excluding hydrogens is 396 g/mol. The van der Waals surface area contributed by atoms with Gasteiger partial charge in [0.05, 0.1) is 17.9 Å². The van der Waals surface area contributed by atoms with Crippen LogP contribution in [0.2, 0.25) is 0 Å². The summed E-state index contributed by atoms with van der Waals surface area (Å²) < 4.78 is 5.01. The van der Waals surface area contributed by atoms with Crippen molar-refractivity contribution in [3.8, 4) is 6.07 Å². The lowest BCUT2D eigenvalue weighted by atomic mass is 10.2. The summed E-state index contributed by atoms with van der Waals surface area (Å²) in [6.45, 7) is 5.61. The zero-order valence-corrected chi connectivity index (χ0v) is 17.6. The van der Waals surface area contributed by atoms with E-state index < -0.39 is 5.97 Å². The second-order valence-corrected chi connectivity index (χ2v) is 8.26. The van der Waals surface area contributed by atoms with Gasteiger partial charge in [-0.3, -0.25) is 4.79 Å². The van der Waals surface area contributed by atoms with E-state index in [1.807, 2.05) is 6.92 Å². The maximum atomic E-state index is 12.4. The molecule has 0 aromatic carbocycles. The van der Waals surface area contributed by atoms with Gasteiger partial charge >= 0.3 is 5.97 Å². The number of fused-ring (bicyclic) bond motifs is 1.